The Kier molecular flexibility index (Phi) is 3.68. The van der Waals surface area contributed by atoms with Crippen LogP contribution in [0.15, 0.2) is 36.4 Å². The zero-order valence-electron chi connectivity index (χ0n) is 8.58. The highest BCUT2D eigenvalue weighted by molar-refractivity contribution is 5.33. The summed E-state index contributed by atoms with van der Waals surface area (Å²) >= 11 is 0. The minimum absolute atomic E-state index is 0.0231. The first-order valence-electron chi connectivity index (χ1n) is 4.44. The van der Waals surface area contributed by atoms with E-state index in [-0.39, 0.29) is 6.04 Å². The standard InChI is InChI=1S/C11H16N2O/c1-8(2)11(13-12)9-5-4-6-10(7-9)14-3/h4-7,11,13H,1,12H2,2-3H3. The summed E-state index contributed by atoms with van der Waals surface area (Å²) < 4.78 is 5.13. The molecule has 0 spiro atoms. The number of methoxy groups -OCH3 is 1. The van der Waals surface area contributed by atoms with Crippen molar-refractivity contribution in [3.63, 3.8) is 0 Å². The zero-order chi connectivity index (χ0) is 10.6. The van der Waals surface area contributed by atoms with Gasteiger partial charge in [0.05, 0.1) is 13.2 Å². The summed E-state index contributed by atoms with van der Waals surface area (Å²) in [5, 5.41) is 0. The lowest BCUT2D eigenvalue weighted by atomic mass is 10.0. The molecule has 3 nitrogen and oxygen atoms in total. The van der Waals surface area contributed by atoms with Gasteiger partial charge in [0.2, 0.25) is 0 Å². The average molecular weight is 192 g/mol. The largest absolute Gasteiger partial charge is 0.497 e. The van der Waals surface area contributed by atoms with Crippen LogP contribution in [0.5, 0.6) is 5.75 Å². The second-order valence-electron chi connectivity index (χ2n) is 3.22. The summed E-state index contributed by atoms with van der Waals surface area (Å²) in [5.74, 6) is 6.27. The highest BCUT2D eigenvalue weighted by atomic mass is 16.5. The van der Waals surface area contributed by atoms with Gasteiger partial charge in [0, 0.05) is 0 Å². The van der Waals surface area contributed by atoms with Crippen molar-refractivity contribution in [2.75, 3.05) is 7.11 Å². The van der Waals surface area contributed by atoms with E-state index in [0.717, 1.165) is 16.9 Å². The molecule has 0 bridgehead atoms. The second-order valence-corrected chi connectivity index (χ2v) is 3.22. The smallest absolute Gasteiger partial charge is 0.119 e. The van der Waals surface area contributed by atoms with E-state index in [2.05, 4.69) is 12.0 Å². The minimum atomic E-state index is -0.0231. The van der Waals surface area contributed by atoms with Gasteiger partial charge in [-0.2, -0.15) is 0 Å². The number of hydrogen-bond donors (Lipinski definition) is 2. The summed E-state index contributed by atoms with van der Waals surface area (Å²) in [6.07, 6.45) is 0. The Labute approximate surface area is 84.5 Å². The molecule has 1 aromatic rings. The van der Waals surface area contributed by atoms with Crippen LogP contribution in [0.25, 0.3) is 0 Å². The first-order valence-corrected chi connectivity index (χ1v) is 4.44. The third kappa shape index (κ3) is 2.34. The van der Waals surface area contributed by atoms with Crippen molar-refractivity contribution in [2.45, 2.75) is 13.0 Å². The SMILES string of the molecule is C=C(C)C(NN)c1cccc(OC)c1. The van der Waals surface area contributed by atoms with Crippen molar-refractivity contribution in [1.82, 2.24) is 5.43 Å². The average Bonchev–Trinajstić information content (AvgIpc) is 2.19. The lowest BCUT2D eigenvalue weighted by Crippen LogP contribution is -2.28. The van der Waals surface area contributed by atoms with Gasteiger partial charge in [-0.05, 0) is 24.6 Å². The molecular weight excluding hydrogens is 176 g/mol. The van der Waals surface area contributed by atoms with E-state index in [1.165, 1.54) is 0 Å². The lowest BCUT2D eigenvalue weighted by Gasteiger charge is -2.16. The van der Waals surface area contributed by atoms with Crippen LogP contribution in [-0.4, -0.2) is 7.11 Å². The molecule has 3 N–H and O–H groups in total. The van der Waals surface area contributed by atoms with Gasteiger partial charge in [-0.15, -0.1) is 0 Å². The third-order valence-corrected chi connectivity index (χ3v) is 2.09. The van der Waals surface area contributed by atoms with Gasteiger partial charge >= 0.3 is 0 Å². The molecule has 1 atom stereocenters. The summed E-state index contributed by atoms with van der Waals surface area (Å²) in [4.78, 5) is 0. The summed E-state index contributed by atoms with van der Waals surface area (Å²) in [7, 11) is 1.64. The van der Waals surface area contributed by atoms with Gasteiger partial charge in [-0.25, -0.2) is 5.43 Å². The molecule has 0 heterocycles. The molecule has 14 heavy (non-hydrogen) atoms. The van der Waals surface area contributed by atoms with E-state index in [9.17, 15) is 0 Å². The van der Waals surface area contributed by atoms with Gasteiger partial charge in [0.1, 0.15) is 5.75 Å². The molecule has 0 aliphatic rings. The van der Waals surface area contributed by atoms with Crippen LogP contribution in [0.4, 0.5) is 0 Å². The molecular formula is C11H16N2O. The lowest BCUT2D eigenvalue weighted by molar-refractivity contribution is 0.413. The molecule has 76 valence electrons. The van der Waals surface area contributed by atoms with E-state index < -0.39 is 0 Å². The topological polar surface area (TPSA) is 47.3 Å². The molecule has 0 saturated carbocycles. The Morgan fingerprint density at radius 1 is 1.57 bits per heavy atom. The fourth-order valence-corrected chi connectivity index (χ4v) is 1.34. The number of hydrazine groups is 1. The molecule has 0 fully saturated rings. The number of nitrogens with one attached hydrogen (secondary N) is 1. The van der Waals surface area contributed by atoms with E-state index >= 15 is 0 Å². The molecule has 3 heteroatoms. The molecule has 0 saturated heterocycles. The Balaban J connectivity index is 2.98. The maximum absolute atomic E-state index is 5.45. The quantitative estimate of drug-likeness (QED) is 0.434. The number of benzene rings is 1. The van der Waals surface area contributed by atoms with Crippen molar-refractivity contribution < 1.29 is 4.74 Å². The van der Waals surface area contributed by atoms with Crippen molar-refractivity contribution >= 4 is 0 Å². The van der Waals surface area contributed by atoms with Gasteiger partial charge in [-0.1, -0.05) is 24.3 Å². The molecule has 0 amide bonds. The molecule has 1 unspecified atom stereocenters. The molecule has 1 rings (SSSR count). The van der Waals surface area contributed by atoms with Gasteiger partial charge in [-0.3, -0.25) is 5.84 Å². The minimum Gasteiger partial charge on any atom is -0.497 e. The Morgan fingerprint density at radius 3 is 2.79 bits per heavy atom. The number of ether oxygens (including phenoxy) is 1. The van der Waals surface area contributed by atoms with Crippen LogP contribution in [0.2, 0.25) is 0 Å². The fourth-order valence-electron chi connectivity index (χ4n) is 1.34. The van der Waals surface area contributed by atoms with E-state index in [4.69, 9.17) is 10.6 Å². The highest BCUT2D eigenvalue weighted by Crippen LogP contribution is 2.22. The molecule has 0 radical (unpaired) electrons. The van der Waals surface area contributed by atoms with Crippen molar-refractivity contribution in [2.24, 2.45) is 5.84 Å². The molecule has 1 aromatic carbocycles. The van der Waals surface area contributed by atoms with E-state index in [1.807, 2.05) is 31.2 Å². The maximum Gasteiger partial charge on any atom is 0.119 e. The van der Waals surface area contributed by atoms with Crippen LogP contribution < -0.4 is 16.0 Å². The highest BCUT2D eigenvalue weighted by Gasteiger charge is 2.10. The Bertz CT molecular complexity index is 323. The van der Waals surface area contributed by atoms with Crippen molar-refractivity contribution in [3.8, 4) is 5.75 Å². The van der Waals surface area contributed by atoms with Gasteiger partial charge < -0.3 is 4.74 Å². The normalized spacial score (nSPS) is 12.2. The second kappa shape index (κ2) is 4.79. The first-order chi connectivity index (χ1) is 6.69. The van der Waals surface area contributed by atoms with Crippen LogP contribution in [0.3, 0.4) is 0 Å². The van der Waals surface area contributed by atoms with Crippen LogP contribution in [0, 0.1) is 0 Å². The van der Waals surface area contributed by atoms with E-state index in [0.29, 0.717) is 0 Å². The number of nitrogens with two attached hydrogens (primary N) is 1. The van der Waals surface area contributed by atoms with Crippen molar-refractivity contribution in [3.05, 3.63) is 42.0 Å². The Morgan fingerprint density at radius 2 is 2.29 bits per heavy atom. The summed E-state index contributed by atoms with van der Waals surface area (Å²) in [6.45, 7) is 5.81. The predicted molar refractivity (Wildman–Crippen MR) is 57.9 cm³/mol. The van der Waals surface area contributed by atoms with Crippen molar-refractivity contribution in [1.29, 1.82) is 0 Å². The zero-order valence-corrected chi connectivity index (χ0v) is 8.58. The van der Waals surface area contributed by atoms with Crippen LogP contribution in [-0.2, 0) is 0 Å². The molecule has 0 aliphatic carbocycles. The first kappa shape index (κ1) is 10.8. The monoisotopic (exact) mass is 192 g/mol. The van der Waals surface area contributed by atoms with Gasteiger partial charge in [0.15, 0.2) is 0 Å². The molecule has 0 aliphatic heterocycles. The van der Waals surface area contributed by atoms with Gasteiger partial charge in [0.25, 0.3) is 0 Å². The maximum atomic E-state index is 5.45. The number of hydrogen-bond acceptors (Lipinski definition) is 3. The number of rotatable bonds is 4. The summed E-state index contributed by atoms with van der Waals surface area (Å²) in [5.41, 5.74) is 4.74. The van der Waals surface area contributed by atoms with Crippen LogP contribution in [0.1, 0.15) is 18.5 Å². The fraction of sp³-hybridized carbons (Fsp3) is 0.273. The van der Waals surface area contributed by atoms with Crippen LogP contribution >= 0.6 is 0 Å². The third-order valence-electron chi connectivity index (χ3n) is 2.09. The van der Waals surface area contributed by atoms with E-state index in [1.54, 1.807) is 7.11 Å². The molecule has 0 aromatic heterocycles. The predicted octanol–water partition coefficient (Wildman–Crippen LogP) is 1.78. The Hall–Kier alpha value is -1.32. The summed E-state index contributed by atoms with van der Waals surface area (Å²) in [6, 6.07) is 7.74.